The van der Waals surface area contributed by atoms with Crippen molar-refractivity contribution in [2.75, 3.05) is 36.5 Å². The van der Waals surface area contributed by atoms with E-state index in [9.17, 15) is 4.79 Å². The van der Waals surface area contributed by atoms with Crippen molar-refractivity contribution in [2.45, 2.75) is 34.1 Å². The molecule has 9 heteroatoms. The van der Waals surface area contributed by atoms with Crippen molar-refractivity contribution in [3.63, 3.8) is 0 Å². The summed E-state index contributed by atoms with van der Waals surface area (Å²) in [6, 6.07) is 7.88. The summed E-state index contributed by atoms with van der Waals surface area (Å²) in [7, 11) is 0. The summed E-state index contributed by atoms with van der Waals surface area (Å²) in [6.45, 7) is 10.7. The van der Waals surface area contributed by atoms with E-state index in [1.807, 2.05) is 52.0 Å². The highest BCUT2D eigenvalue weighted by Crippen LogP contribution is 2.30. The minimum absolute atomic E-state index is 0.0929. The minimum Gasteiger partial charge on any atom is -0.378 e. The molecule has 0 bridgehead atoms. The molecule has 3 aromatic rings. The third kappa shape index (κ3) is 4.83. The van der Waals surface area contributed by atoms with Gasteiger partial charge in [0.25, 0.3) is 5.95 Å². The first-order valence-electron chi connectivity index (χ1n) is 10.6. The molecule has 0 spiro atoms. The molecule has 1 aromatic carbocycles. The Kier molecular flexibility index (Phi) is 6.57. The number of anilines is 2. The van der Waals surface area contributed by atoms with Gasteiger partial charge < -0.3 is 15.0 Å². The van der Waals surface area contributed by atoms with E-state index in [1.54, 1.807) is 4.68 Å². The van der Waals surface area contributed by atoms with E-state index < -0.39 is 0 Å². The zero-order valence-corrected chi connectivity index (χ0v) is 20.4. The molecule has 32 heavy (non-hydrogen) atoms. The van der Waals surface area contributed by atoms with Crippen LogP contribution in [0.4, 0.5) is 11.4 Å². The van der Waals surface area contributed by atoms with Crippen LogP contribution in [0.2, 0.25) is 0 Å². The molecular formula is C23H27BrN6O2. The molecule has 1 amide bonds. The van der Waals surface area contributed by atoms with Gasteiger partial charge in [0.2, 0.25) is 5.91 Å². The number of morpholine rings is 1. The Labute approximate surface area is 196 Å². The van der Waals surface area contributed by atoms with Crippen LogP contribution in [-0.2, 0) is 16.0 Å². The number of benzene rings is 1. The number of hydrogen-bond acceptors (Lipinski definition) is 6. The van der Waals surface area contributed by atoms with E-state index in [-0.39, 0.29) is 12.3 Å². The quantitative estimate of drug-likeness (QED) is 0.577. The van der Waals surface area contributed by atoms with Crippen LogP contribution in [0, 0.1) is 27.7 Å². The van der Waals surface area contributed by atoms with Gasteiger partial charge in [-0.3, -0.25) is 4.79 Å². The molecule has 0 unspecified atom stereocenters. The molecule has 0 saturated carbocycles. The summed E-state index contributed by atoms with van der Waals surface area (Å²) < 4.78 is 8.10. The molecule has 1 aliphatic heterocycles. The highest BCUT2D eigenvalue weighted by Gasteiger charge is 2.20. The number of nitrogens with one attached hydrogen (secondary N) is 1. The van der Waals surface area contributed by atoms with Gasteiger partial charge in [-0.15, -0.1) is 0 Å². The van der Waals surface area contributed by atoms with Gasteiger partial charge in [-0.1, -0.05) is 15.9 Å². The number of carbonyl (C=O) groups is 1. The number of aromatic nitrogens is 4. The lowest BCUT2D eigenvalue weighted by Crippen LogP contribution is -2.36. The number of hydrogen-bond donors (Lipinski definition) is 1. The number of amides is 1. The van der Waals surface area contributed by atoms with Crippen molar-refractivity contribution in [2.24, 2.45) is 0 Å². The Morgan fingerprint density at radius 3 is 2.47 bits per heavy atom. The molecule has 1 N–H and O–H groups in total. The van der Waals surface area contributed by atoms with Gasteiger partial charge in [0.15, 0.2) is 0 Å². The van der Waals surface area contributed by atoms with Gasteiger partial charge in [0, 0.05) is 40.2 Å². The first kappa shape index (κ1) is 22.4. The fourth-order valence-electron chi connectivity index (χ4n) is 3.97. The van der Waals surface area contributed by atoms with Crippen LogP contribution < -0.4 is 10.2 Å². The third-order valence-corrected chi connectivity index (χ3v) is 6.02. The topological polar surface area (TPSA) is 85.2 Å². The second kappa shape index (κ2) is 9.38. The summed E-state index contributed by atoms with van der Waals surface area (Å²) in [6.07, 6.45) is 0.220. The van der Waals surface area contributed by atoms with E-state index in [0.29, 0.717) is 19.2 Å². The molecule has 168 valence electrons. The Hall–Kier alpha value is -2.78. The van der Waals surface area contributed by atoms with Gasteiger partial charge in [0.1, 0.15) is 0 Å². The summed E-state index contributed by atoms with van der Waals surface area (Å²) in [4.78, 5) is 24.3. The average molecular weight is 499 g/mol. The maximum Gasteiger partial charge on any atom is 0.251 e. The van der Waals surface area contributed by atoms with Crippen molar-refractivity contribution in [1.82, 2.24) is 19.7 Å². The van der Waals surface area contributed by atoms with E-state index in [2.05, 4.69) is 41.2 Å². The second-order valence-corrected chi connectivity index (χ2v) is 8.91. The maximum atomic E-state index is 13.0. The predicted molar refractivity (Wildman–Crippen MR) is 128 cm³/mol. The molecule has 1 fully saturated rings. The maximum absolute atomic E-state index is 13.0. The number of rotatable bonds is 5. The number of aryl methyl sites for hydroxylation is 3. The van der Waals surface area contributed by atoms with Gasteiger partial charge in [-0.2, -0.15) is 5.10 Å². The summed E-state index contributed by atoms with van der Waals surface area (Å²) >= 11 is 3.52. The molecule has 2 aromatic heterocycles. The van der Waals surface area contributed by atoms with Crippen LogP contribution >= 0.6 is 15.9 Å². The van der Waals surface area contributed by atoms with Crippen LogP contribution in [-0.4, -0.2) is 52.0 Å². The molecule has 0 radical (unpaired) electrons. The molecule has 4 rings (SSSR count). The van der Waals surface area contributed by atoms with Gasteiger partial charge in [0.05, 0.1) is 36.7 Å². The number of halogens is 1. The fourth-order valence-corrected chi connectivity index (χ4v) is 4.33. The van der Waals surface area contributed by atoms with Crippen LogP contribution in [0.25, 0.3) is 5.95 Å². The highest BCUT2D eigenvalue weighted by atomic mass is 79.9. The molecular weight excluding hydrogens is 472 g/mol. The van der Waals surface area contributed by atoms with Crippen LogP contribution in [0.5, 0.6) is 0 Å². The van der Waals surface area contributed by atoms with E-state index in [4.69, 9.17) is 4.74 Å². The molecule has 1 aliphatic rings. The standard InChI is InChI=1S/C23H27BrN6O2/c1-14-11-15(2)26-23(25-14)30-17(4)19(16(3)28-30)13-22(31)27-20-12-18(24)5-6-21(20)29-7-9-32-10-8-29/h5-6,11-12H,7-10,13H2,1-4H3,(H,27,31). The monoisotopic (exact) mass is 498 g/mol. The summed E-state index contributed by atoms with van der Waals surface area (Å²) in [5.74, 6) is 0.432. The van der Waals surface area contributed by atoms with Gasteiger partial charge in [-0.25, -0.2) is 14.6 Å². The Balaban J connectivity index is 1.57. The predicted octanol–water partition coefficient (Wildman–Crippen LogP) is 3.68. The summed E-state index contributed by atoms with van der Waals surface area (Å²) in [5.41, 5.74) is 6.08. The minimum atomic E-state index is -0.0929. The zero-order valence-electron chi connectivity index (χ0n) is 18.8. The molecule has 3 heterocycles. The SMILES string of the molecule is Cc1cc(C)nc(-n2nc(C)c(CC(=O)Nc3cc(Br)ccc3N3CCOCC3)c2C)n1. The first-order valence-corrected chi connectivity index (χ1v) is 11.4. The van der Waals surface area contributed by atoms with E-state index in [1.165, 1.54) is 0 Å². The van der Waals surface area contributed by atoms with Crippen molar-refractivity contribution in [1.29, 1.82) is 0 Å². The largest absolute Gasteiger partial charge is 0.378 e. The van der Waals surface area contributed by atoms with Crippen LogP contribution in [0.15, 0.2) is 28.7 Å². The lowest BCUT2D eigenvalue weighted by molar-refractivity contribution is -0.115. The summed E-state index contributed by atoms with van der Waals surface area (Å²) in [5, 5.41) is 7.71. The number of nitrogens with zero attached hydrogens (tertiary/aromatic N) is 5. The fraction of sp³-hybridized carbons (Fsp3) is 0.391. The van der Waals surface area contributed by atoms with Crippen LogP contribution in [0.3, 0.4) is 0 Å². The first-order chi connectivity index (χ1) is 15.3. The zero-order chi connectivity index (χ0) is 22.8. The Morgan fingerprint density at radius 2 is 1.78 bits per heavy atom. The number of ether oxygens (including phenoxy) is 1. The molecule has 0 aliphatic carbocycles. The molecule has 8 nitrogen and oxygen atoms in total. The van der Waals surface area contributed by atoms with Crippen molar-refractivity contribution in [3.8, 4) is 5.95 Å². The highest BCUT2D eigenvalue weighted by molar-refractivity contribution is 9.10. The van der Waals surface area contributed by atoms with Crippen molar-refractivity contribution in [3.05, 3.63) is 57.1 Å². The third-order valence-electron chi connectivity index (χ3n) is 5.52. The van der Waals surface area contributed by atoms with Gasteiger partial charge >= 0.3 is 0 Å². The average Bonchev–Trinajstić information content (AvgIpc) is 3.02. The van der Waals surface area contributed by atoms with Crippen molar-refractivity contribution < 1.29 is 9.53 Å². The normalized spacial score (nSPS) is 14.0. The van der Waals surface area contributed by atoms with Crippen LogP contribution in [0.1, 0.15) is 28.3 Å². The number of carbonyl (C=O) groups excluding carboxylic acids is 1. The molecule has 0 atom stereocenters. The Morgan fingerprint density at radius 1 is 1.09 bits per heavy atom. The second-order valence-electron chi connectivity index (χ2n) is 8.00. The lowest BCUT2D eigenvalue weighted by atomic mass is 10.1. The Bertz CT molecular complexity index is 1130. The van der Waals surface area contributed by atoms with Gasteiger partial charge in [-0.05, 0) is 52.0 Å². The van der Waals surface area contributed by atoms with E-state index >= 15 is 0 Å². The van der Waals surface area contributed by atoms with Crippen molar-refractivity contribution >= 4 is 33.2 Å². The van der Waals surface area contributed by atoms with E-state index in [0.717, 1.165) is 57.3 Å². The smallest absolute Gasteiger partial charge is 0.251 e. The molecule has 1 saturated heterocycles. The lowest BCUT2D eigenvalue weighted by Gasteiger charge is -2.30.